The minimum atomic E-state index is -3.13. The molecular weight excluding hydrogens is 256 g/mol. The van der Waals surface area contributed by atoms with Gasteiger partial charge in [0, 0.05) is 18.7 Å². The van der Waals surface area contributed by atoms with Crippen LogP contribution in [0, 0.1) is 0 Å². The second-order valence-corrected chi connectivity index (χ2v) is 5.81. The number of para-hydroxylation sites is 1. The average Bonchev–Trinajstić information content (AvgIpc) is 2.27. The van der Waals surface area contributed by atoms with Crippen molar-refractivity contribution >= 4 is 10.0 Å². The number of hydrogen-bond acceptors (Lipinski definition) is 5. The van der Waals surface area contributed by atoms with Gasteiger partial charge in [-0.2, -0.15) is 0 Å². The lowest BCUT2D eigenvalue weighted by Gasteiger charge is -2.08. The Hall–Kier alpha value is -1.31. The minimum Gasteiger partial charge on any atom is -0.504 e. The summed E-state index contributed by atoms with van der Waals surface area (Å²) >= 11 is 0. The van der Waals surface area contributed by atoms with E-state index < -0.39 is 10.0 Å². The normalized spacial score (nSPS) is 11.6. The molecule has 0 aromatic heterocycles. The van der Waals surface area contributed by atoms with Crippen molar-refractivity contribution in [1.29, 1.82) is 0 Å². The number of phenolic OH excluding ortho intramolecular Hbond substituents is 2. The number of sulfonamides is 1. The smallest absolute Gasteiger partial charge is 0.208 e. The largest absolute Gasteiger partial charge is 0.504 e. The van der Waals surface area contributed by atoms with Crippen molar-refractivity contribution in [3.05, 3.63) is 23.8 Å². The number of hydrogen-bond donors (Lipinski definition) is 4. The molecule has 0 spiro atoms. The van der Waals surface area contributed by atoms with E-state index in [1.54, 1.807) is 12.1 Å². The summed E-state index contributed by atoms with van der Waals surface area (Å²) in [5.41, 5.74) is 0.603. The zero-order valence-electron chi connectivity index (χ0n) is 10.2. The molecule has 0 atom stereocenters. The maximum atomic E-state index is 10.8. The predicted molar refractivity (Wildman–Crippen MR) is 68.9 cm³/mol. The Balaban J connectivity index is 2.24. The predicted octanol–water partition coefficient (Wildman–Crippen LogP) is 0.127. The summed E-state index contributed by atoms with van der Waals surface area (Å²) < 4.78 is 23.9. The van der Waals surface area contributed by atoms with Gasteiger partial charge in [-0.15, -0.1) is 0 Å². The van der Waals surface area contributed by atoms with E-state index in [1.807, 2.05) is 0 Å². The summed E-state index contributed by atoms with van der Waals surface area (Å²) in [6.45, 7) is 1.40. The van der Waals surface area contributed by atoms with E-state index in [0.29, 0.717) is 31.6 Å². The minimum absolute atomic E-state index is 0.126. The van der Waals surface area contributed by atoms with Crippen LogP contribution in [-0.4, -0.2) is 38.0 Å². The van der Waals surface area contributed by atoms with Gasteiger partial charge in [0.15, 0.2) is 11.5 Å². The van der Waals surface area contributed by atoms with Gasteiger partial charge in [0.25, 0.3) is 0 Å². The Morgan fingerprint density at radius 2 is 1.94 bits per heavy atom. The number of aromatic hydroxyl groups is 2. The second-order valence-electron chi connectivity index (χ2n) is 3.98. The first-order valence-electron chi connectivity index (χ1n) is 5.55. The Kier molecular flexibility index (Phi) is 5.39. The van der Waals surface area contributed by atoms with Gasteiger partial charge in [0.2, 0.25) is 10.0 Å². The van der Waals surface area contributed by atoms with Gasteiger partial charge in [-0.05, 0) is 19.0 Å². The summed E-state index contributed by atoms with van der Waals surface area (Å²) in [6.07, 6.45) is 1.76. The second kappa shape index (κ2) is 6.58. The van der Waals surface area contributed by atoms with E-state index in [4.69, 9.17) is 0 Å². The first-order valence-corrected chi connectivity index (χ1v) is 7.44. The van der Waals surface area contributed by atoms with Gasteiger partial charge in [0.05, 0.1) is 6.26 Å². The van der Waals surface area contributed by atoms with Crippen molar-refractivity contribution in [3.8, 4) is 11.5 Å². The van der Waals surface area contributed by atoms with E-state index in [2.05, 4.69) is 10.0 Å². The van der Waals surface area contributed by atoms with Gasteiger partial charge in [-0.1, -0.05) is 12.1 Å². The summed E-state index contributed by atoms with van der Waals surface area (Å²) in [5, 5.41) is 21.9. The SMILES string of the molecule is CS(=O)(=O)NCCCNCc1cccc(O)c1O. The van der Waals surface area contributed by atoms with Crippen LogP contribution < -0.4 is 10.0 Å². The Morgan fingerprint density at radius 1 is 1.22 bits per heavy atom. The third-order valence-electron chi connectivity index (χ3n) is 2.31. The van der Waals surface area contributed by atoms with Gasteiger partial charge in [0.1, 0.15) is 0 Å². The molecule has 0 radical (unpaired) electrons. The molecule has 1 rings (SSSR count). The third kappa shape index (κ3) is 5.35. The Bertz CT molecular complexity index is 488. The lowest BCUT2D eigenvalue weighted by molar-refractivity contribution is 0.397. The molecule has 7 heteroatoms. The van der Waals surface area contributed by atoms with Gasteiger partial charge < -0.3 is 15.5 Å². The quantitative estimate of drug-likeness (QED) is 0.418. The van der Waals surface area contributed by atoms with Gasteiger partial charge >= 0.3 is 0 Å². The summed E-state index contributed by atoms with van der Waals surface area (Å²) in [4.78, 5) is 0. The van der Waals surface area contributed by atoms with Crippen LogP contribution in [0.2, 0.25) is 0 Å². The molecule has 0 unspecified atom stereocenters. The maximum Gasteiger partial charge on any atom is 0.208 e. The van der Waals surface area contributed by atoms with Crippen LogP contribution in [0.5, 0.6) is 11.5 Å². The fraction of sp³-hybridized carbons (Fsp3) is 0.455. The van der Waals surface area contributed by atoms with Crippen molar-refractivity contribution in [2.24, 2.45) is 0 Å². The molecule has 0 saturated carbocycles. The molecule has 0 saturated heterocycles. The molecule has 102 valence electrons. The van der Waals surface area contributed by atoms with Crippen molar-refractivity contribution in [2.75, 3.05) is 19.3 Å². The number of nitrogens with one attached hydrogen (secondary N) is 2. The molecular formula is C11H18N2O4S. The Morgan fingerprint density at radius 3 is 2.61 bits per heavy atom. The van der Waals surface area contributed by atoms with E-state index in [-0.39, 0.29) is 11.5 Å². The summed E-state index contributed by atoms with van der Waals surface area (Å²) in [7, 11) is -3.13. The number of benzene rings is 1. The third-order valence-corrected chi connectivity index (χ3v) is 3.04. The number of rotatable bonds is 7. The fourth-order valence-electron chi connectivity index (χ4n) is 1.41. The van der Waals surface area contributed by atoms with Crippen molar-refractivity contribution in [2.45, 2.75) is 13.0 Å². The van der Waals surface area contributed by atoms with Gasteiger partial charge in [-0.3, -0.25) is 0 Å². The van der Waals surface area contributed by atoms with E-state index in [1.165, 1.54) is 6.07 Å². The standard InChI is InChI=1S/C11H18N2O4S/c1-18(16,17)13-7-3-6-12-8-9-4-2-5-10(14)11(9)15/h2,4-5,12-15H,3,6-8H2,1H3. The monoisotopic (exact) mass is 274 g/mol. The van der Waals surface area contributed by atoms with Crippen LogP contribution in [0.25, 0.3) is 0 Å². The van der Waals surface area contributed by atoms with Crippen LogP contribution >= 0.6 is 0 Å². The lowest BCUT2D eigenvalue weighted by Crippen LogP contribution is -2.26. The van der Waals surface area contributed by atoms with Crippen molar-refractivity contribution in [1.82, 2.24) is 10.0 Å². The van der Waals surface area contributed by atoms with Crippen molar-refractivity contribution in [3.63, 3.8) is 0 Å². The molecule has 1 aromatic rings. The number of phenols is 2. The molecule has 4 N–H and O–H groups in total. The molecule has 1 aromatic carbocycles. The highest BCUT2D eigenvalue weighted by Crippen LogP contribution is 2.27. The highest BCUT2D eigenvalue weighted by Gasteiger charge is 2.04. The topological polar surface area (TPSA) is 98.7 Å². The average molecular weight is 274 g/mol. The van der Waals surface area contributed by atoms with E-state index in [0.717, 1.165) is 6.26 Å². The molecule has 0 aliphatic rings. The van der Waals surface area contributed by atoms with Crippen LogP contribution in [-0.2, 0) is 16.6 Å². The summed E-state index contributed by atoms with van der Waals surface area (Å²) in [5.74, 6) is -0.271. The molecule has 18 heavy (non-hydrogen) atoms. The first kappa shape index (κ1) is 14.7. The van der Waals surface area contributed by atoms with Crippen LogP contribution in [0.1, 0.15) is 12.0 Å². The fourth-order valence-corrected chi connectivity index (χ4v) is 1.93. The molecule has 6 nitrogen and oxygen atoms in total. The molecule has 0 heterocycles. The van der Waals surface area contributed by atoms with E-state index in [9.17, 15) is 18.6 Å². The van der Waals surface area contributed by atoms with Crippen LogP contribution in [0.4, 0.5) is 0 Å². The molecule has 0 aliphatic carbocycles. The summed E-state index contributed by atoms with van der Waals surface area (Å²) in [6, 6.07) is 4.77. The van der Waals surface area contributed by atoms with Gasteiger partial charge in [-0.25, -0.2) is 13.1 Å². The maximum absolute atomic E-state index is 10.8. The van der Waals surface area contributed by atoms with Crippen molar-refractivity contribution < 1.29 is 18.6 Å². The molecule has 0 aliphatic heterocycles. The molecule has 0 bridgehead atoms. The Labute approximate surface area is 107 Å². The highest BCUT2D eigenvalue weighted by atomic mass is 32.2. The van der Waals surface area contributed by atoms with Crippen LogP contribution in [0.15, 0.2) is 18.2 Å². The highest BCUT2D eigenvalue weighted by molar-refractivity contribution is 7.88. The van der Waals surface area contributed by atoms with E-state index >= 15 is 0 Å². The molecule has 0 amide bonds. The molecule has 0 fully saturated rings. The zero-order chi connectivity index (χ0) is 13.6. The first-order chi connectivity index (χ1) is 8.40. The zero-order valence-corrected chi connectivity index (χ0v) is 11.0. The van der Waals surface area contributed by atoms with Crippen LogP contribution in [0.3, 0.4) is 0 Å². The lowest BCUT2D eigenvalue weighted by atomic mass is 10.2.